The second kappa shape index (κ2) is 6.53. The topological polar surface area (TPSA) is 59.8 Å². The van der Waals surface area contributed by atoms with Gasteiger partial charge in [-0.2, -0.15) is 16.4 Å². The zero-order valence-electron chi connectivity index (χ0n) is 12.1. The van der Waals surface area contributed by atoms with Crippen LogP contribution >= 0.6 is 11.3 Å². The number of carbonyl (C=O) groups is 1. The minimum atomic E-state index is -0.135. The lowest BCUT2D eigenvalue weighted by molar-refractivity contribution is 0.0927. The largest absolute Gasteiger partial charge is 0.344 e. The highest BCUT2D eigenvalue weighted by atomic mass is 32.1. The summed E-state index contributed by atoms with van der Waals surface area (Å²) in [4.78, 5) is 16.6. The molecule has 0 saturated carbocycles. The number of aromatic nitrogens is 3. The lowest BCUT2D eigenvalue weighted by atomic mass is 10.0. The molecule has 3 aromatic rings. The van der Waals surface area contributed by atoms with Gasteiger partial charge in [0.25, 0.3) is 5.91 Å². The van der Waals surface area contributed by atoms with Gasteiger partial charge in [0.15, 0.2) is 0 Å². The van der Waals surface area contributed by atoms with Crippen molar-refractivity contribution in [2.45, 2.75) is 12.5 Å². The molecule has 0 aromatic carbocycles. The van der Waals surface area contributed by atoms with Crippen molar-refractivity contribution in [3.8, 4) is 0 Å². The number of aryl methyl sites for hydroxylation is 1. The Morgan fingerprint density at radius 3 is 2.91 bits per heavy atom. The molecule has 22 heavy (non-hydrogen) atoms. The first kappa shape index (κ1) is 14.5. The van der Waals surface area contributed by atoms with E-state index in [2.05, 4.69) is 26.8 Å². The molecule has 0 radical (unpaired) electrons. The zero-order valence-corrected chi connectivity index (χ0v) is 13.0. The molecular formula is C16H16N4OS. The Kier molecular flexibility index (Phi) is 4.29. The van der Waals surface area contributed by atoms with Gasteiger partial charge < -0.3 is 5.32 Å². The molecule has 1 atom stereocenters. The molecule has 0 aliphatic carbocycles. The molecule has 0 bridgehead atoms. The van der Waals surface area contributed by atoms with Crippen LogP contribution < -0.4 is 5.32 Å². The van der Waals surface area contributed by atoms with Crippen molar-refractivity contribution in [3.63, 3.8) is 0 Å². The predicted molar refractivity (Wildman–Crippen MR) is 85.7 cm³/mol. The Balaban J connectivity index is 1.82. The van der Waals surface area contributed by atoms with Gasteiger partial charge in [-0.15, -0.1) is 0 Å². The minimum Gasteiger partial charge on any atom is -0.344 e. The van der Waals surface area contributed by atoms with Crippen molar-refractivity contribution in [1.82, 2.24) is 20.1 Å². The van der Waals surface area contributed by atoms with E-state index in [4.69, 9.17) is 0 Å². The van der Waals surface area contributed by atoms with E-state index in [0.717, 1.165) is 12.0 Å². The van der Waals surface area contributed by atoms with Crippen LogP contribution in [-0.4, -0.2) is 20.7 Å². The lowest BCUT2D eigenvalue weighted by Gasteiger charge is -2.18. The van der Waals surface area contributed by atoms with Gasteiger partial charge in [0.2, 0.25) is 0 Å². The Bertz CT molecular complexity index is 737. The highest BCUT2D eigenvalue weighted by Crippen LogP contribution is 2.20. The maximum atomic E-state index is 12.4. The molecule has 0 spiro atoms. The monoisotopic (exact) mass is 312 g/mol. The van der Waals surface area contributed by atoms with E-state index in [1.54, 1.807) is 47.7 Å². The lowest BCUT2D eigenvalue weighted by Crippen LogP contribution is -2.31. The van der Waals surface area contributed by atoms with Gasteiger partial charge in [-0.25, -0.2) is 0 Å². The minimum absolute atomic E-state index is 0.120. The van der Waals surface area contributed by atoms with Crippen LogP contribution in [0.25, 0.3) is 0 Å². The summed E-state index contributed by atoms with van der Waals surface area (Å²) < 4.78 is 1.57. The van der Waals surface area contributed by atoms with Crippen molar-refractivity contribution >= 4 is 17.2 Å². The Morgan fingerprint density at radius 2 is 2.27 bits per heavy atom. The van der Waals surface area contributed by atoms with Gasteiger partial charge in [0.05, 0.1) is 6.04 Å². The highest BCUT2D eigenvalue weighted by Gasteiger charge is 2.18. The van der Waals surface area contributed by atoms with Gasteiger partial charge in [0.1, 0.15) is 5.69 Å². The molecule has 3 aromatic heterocycles. The fourth-order valence-electron chi connectivity index (χ4n) is 2.31. The van der Waals surface area contributed by atoms with Crippen molar-refractivity contribution in [2.24, 2.45) is 7.05 Å². The number of rotatable bonds is 5. The third-order valence-corrected chi connectivity index (χ3v) is 4.20. The fourth-order valence-corrected chi connectivity index (χ4v) is 2.99. The number of thiophene rings is 1. The molecule has 1 amide bonds. The van der Waals surface area contributed by atoms with Gasteiger partial charge in [0, 0.05) is 25.6 Å². The van der Waals surface area contributed by atoms with Crippen LogP contribution in [0.15, 0.2) is 53.6 Å². The van der Waals surface area contributed by atoms with E-state index in [1.807, 2.05) is 17.5 Å². The molecule has 0 aliphatic heterocycles. The molecule has 3 rings (SSSR count). The van der Waals surface area contributed by atoms with Crippen LogP contribution in [0.5, 0.6) is 0 Å². The summed E-state index contributed by atoms with van der Waals surface area (Å²) in [6.45, 7) is 0. The van der Waals surface area contributed by atoms with Crippen LogP contribution in [0.1, 0.15) is 27.7 Å². The van der Waals surface area contributed by atoms with Crippen LogP contribution in [0.2, 0.25) is 0 Å². The molecule has 6 heteroatoms. The number of hydrogen-bond acceptors (Lipinski definition) is 4. The smallest absolute Gasteiger partial charge is 0.270 e. The maximum absolute atomic E-state index is 12.4. The third-order valence-electron chi connectivity index (χ3n) is 3.47. The van der Waals surface area contributed by atoms with Gasteiger partial charge in [-0.05, 0) is 46.5 Å². The van der Waals surface area contributed by atoms with Crippen LogP contribution in [0.3, 0.4) is 0 Å². The summed E-state index contributed by atoms with van der Waals surface area (Å²) in [5.74, 6) is -0.135. The molecule has 1 N–H and O–H groups in total. The fraction of sp³-hybridized carbons (Fsp3) is 0.188. The third kappa shape index (κ3) is 3.23. The van der Waals surface area contributed by atoms with Crippen LogP contribution in [0, 0.1) is 0 Å². The van der Waals surface area contributed by atoms with Crippen LogP contribution in [-0.2, 0) is 13.5 Å². The van der Waals surface area contributed by atoms with Crippen molar-refractivity contribution in [2.75, 3.05) is 0 Å². The van der Waals surface area contributed by atoms with E-state index in [1.165, 1.54) is 5.56 Å². The van der Waals surface area contributed by atoms with E-state index in [0.29, 0.717) is 5.69 Å². The molecule has 0 saturated heterocycles. The Labute approximate surface area is 132 Å². The molecule has 3 heterocycles. The number of carbonyl (C=O) groups excluding carboxylic acids is 1. The average Bonchev–Trinajstić information content (AvgIpc) is 3.19. The van der Waals surface area contributed by atoms with E-state index >= 15 is 0 Å². The number of pyridine rings is 1. The molecule has 0 unspecified atom stereocenters. The highest BCUT2D eigenvalue weighted by molar-refractivity contribution is 7.07. The number of hydrogen-bond donors (Lipinski definition) is 1. The first-order chi connectivity index (χ1) is 10.7. The summed E-state index contributed by atoms with van der Waals surface area (Å²) in [7, 11) is 1.76. The maximum Gasteiger partial charge on any atom is 0.270 e. The van der Waals surface area contributed by atoms with Crippen LogP contribution in [0.4, 0.5) is 0 Å². The molecule has 0 aliphatic rings. The number of amides is 1. The quantitative estimate of drug-likeness (QED) is 0.788. The Morgan fingerprint density at radius 1 is 1.36 bits per heavy atom. The van der Waals surface area contributed by atoms with Gasteiger partial charge >= 0.3 is 0 Å². The van der Waals surface area contributed by atoms with Gasteiger partial charge in [-0.3, -0.25) is 14.5 Å². The number of nitrogens with one attached hydrogen (secondary N) is 1. The first-order valence-corrected chi connectivity index (χ1v) is 7.88. The summed E-state index contributed by atoms with van der Waals surface area (Å²) in [6.07, 6.45) is 5.88. The van der Waals surface area contributed by atoms with E-state index in [9.17, 15) is 4.79 Å². The van der Waals surface area contributed by atoms with E-state index < -0.39 is 0 Å². The predicted octanol–water partition coefficient (Wildman–Crippen LogP) is 2.59. The molecule has 5 nitrogen and oxygen atoms in total. The van der Waals surface area contributed by atoms with Gasteiger partial charge in [-0.1, -0.05) is 6.07 Å². The second-order valence-corrected chi connectivity index (χ2v) is 5.77. The summed E-state index contributed by atoms with van der Waals surface area (Å²) in [5.41, 5.74) is 2.73. The second-order valence-electron chi connectivity index (χ2n) is 4.99. The average molecular weight is 312 g/mol. The van der Waals surface area contributed by atoms with Crippen molar-refractivity contribution < 1.29 is 4.79 Å². The first-order valence-electron chi connectivity index (χ1n) is 6.94. The number of nitrogens with zero attached hydrogens (tertiary/aromatic N) is 3. The Hall–Kier alpha value is -2.47. The summed E-state index contributed by atoms with van der Waals surface area (Å²) in [5, 5.41) is 11.3. The summed E-state index contributed by atoms with van der Waals surface area (Å²) >= 11 is 1.65. The zero-order chi connectivity index (χ0) is 15.4. The van der Waals surface area contributed by atoms with E-state index in [-0.39, 0.29) is 11.9 Å². The molecule has 0 fully saturated rings. The molecule has 112 valence electrons. The molecular weight excluding hydrogens is 296 g/mol. The van der Waals surface area contributed by atoms with Crippen molar-refractivity contribution in [3.05, 3.63) is 70.4 Å². The standard InChI is InChI=1S/C16H16N4OS/c1-20-15(4-7-18-20)16(21)19-14(9-12-5-8-22-11-12)13-3-2-6-17-10-13/h2-8,10-11,14H,9H2,1H3,(H,19,21)/t14-/m1/s1. The van der Waals surface area contributed by atoms with Crippen molar-refractivity contribution in [1.29, 1.82) is 0 Å². The summed E-state index contributed by atoms with van der Waals surface area (Å²) in [6, 6.07) is 7.52. The SMILES string of the molecule is Cn1nccc1C(=O)N[C@H](Cc1ccsc1)c1cccnc1. The normalized spacial score (nSPS) is 12.0.